The van der Waals surface area contributed by atoms with Crippen LogP contribution in [0.2, 0.25) is 0 Å². The molecule has 132 valence electrons. The van der Waals surface area contributed by atoms with Gasteiger partial charge in [-0.1, -0.05) is 6.07 Å². The number of amides is 1. The number of methoxy groups -OCH3 is 1. The van der Waals surface area contributed by atoms with Crippen LogP contribution in [0.4, 0.5) is 11.4 Å². The Morgan fingerprint density at radius 3 is 2.76 bits per heavy atom. The maximum absolute atomic E-state index is 12.5. The van der Waals surface area contributed by atoms with Gasteiger partial charge < -0.3 is 14.5 Å². The molecular formula is C17H19N3O4S. The summed E-state index contributed by atoms with van der Waals surface area (Å²) < 4.78 is 5.15. The topological polar surface area (TPSA) is 75.9 Å². The van der Waals surface area contributed by atoms with E-state index in [9.17, 15) is 14.9 Å². The van der Waals surface area contributed by atoms with Gasteiger partial charge in [0.25, 0.3) is 5.91 Å². The minimum absolute atomic E-state index is 0.0458. The van der Waals surface area contributed by atoms with Gasteiger partial charge in [0.2, 0.25) is 0 Å². The molecule has 1 aliphatic rings. The number of rotatable bonds is 4. The molecule has 1 saturated heterocycles. The summed E-state index contributed by atoms with van der Waals surface area (Å²) in [7, 11) is 1.43. The minimum atomic E-state index is -0.452. The zero-order valence-corrected chi connectivity index (χ0v) is 14.7. The van der Waals surface area contributed by atoms with Crippen molar-refractivity contribution < 1.29 is 14.5 Å². The van der Waals surface area contributed by atoms with Crippen LogP contribution in [0.15, 0.2) is 35.7 Å². The summed E-state index contributed by atoms with van der Waals surface area (Å²) in [5.74, 6) is 0.316. The second-order valence-corrected chi connectivity index (χ2v) is 6.67. The van der Waals surface area contributed by atoms with Crippen molar-refractivity contribution in [3.05, 3.63) is 50.7 Å². The normalized spacial score (nSPS) is 14.9. The Kier molecular flexibility index (Phi) is 5.18. The first-order valence-electron chi connectivity index (χ1n) is 8.00. The second kappa shape index (κ2) is 7.52. The summed E-state index contributed by atoms with van der Waals surface area (Å²) in [6, 6.07) is 8.61. The van der Waals surface area contributed by atoms with E-state index in [1.54, 1.807) is 12.1 Å². The average molecular weight is 361 g/mol. The number of anilines is 1. The monoisotopic (exact) mass is 361 g/mol. The minimum Gasteiger partial charge on any atom is -0.490 e. The first-order chi connectivity index (χ1) is 12.1. The van der Waals surface area contributed by atoms with Gasteiger partial charge in [0.1, 0.15) is 0 Å². The van der Waals surface area contributed by atoms with Crippen molar-refractivity contribution in [2.75, 3.05) is 38.2 Å². The van der Waals surface area contributed by atoms with Gasteiger partial charge >= 0.3 is 5.69 Å². The Hall–Kier alpha value is -2.61. The van der Waals surface area contributed by atoms with E-state index < -0.39 is 4.92 Å². The van der Waals surface area contributed by atoms with Crippen LogP contribution >= 0.6 is 11.3 Å². The molecule has 2 heterocycles. The molecule has 1 aromatic carbocycles. The summed E-state index contributed by atoms with van der Waals surface area (Å²) in [5, 5.41) is 12.9. The standard InChI is InChI=1S/C17H19N3O4S/c1-24-15-12-13(5-6-14(15)20(22)23)18-7-3-8-19(10-9-18)17(21)16-4-2-11-25-16/h2,4-6,11-12H,3,7-10H2,1H3. The Bertz CT molecular complexity index is 763. The summed E-state index contributed by atoms with van der Waals surface area (Å²) in [4.78, 5) is 27.8. The fourth-order valence-corrected chi connectivity index (χ4v) is 3.64. The molecule has 8 heteroatoms. The molecule has 1 aliphatic heterocycles. The van der Waals surface area contributed by atoms with Crippen molar-refractivity contribution in [3.8, 4) is 5.75 Å². The van der Waals surface area contributed by atoms with Crippen LogP contribution in [-0.2, 0) is 0 Å². The van der Waals surface area contributed by atoms with Gasteiger partial charge in [-0.25, -0.2) is 0 Å². The van der Waals surface area contributed by atoms with Gasteiger partial charge in [0, 0.05) is 44.0 Å². The molecular weight excluding hydrogens is 342 g/mol. The predicted octanol–water partition coefficient (Wildman–Crippen LogP) is 3.02. The van der Waals surface area contributed by atoms with E-state index in [0.717, 1.165) is 23.5 Å². The molecule has 3 rings (SSSR count). The highest BCUT2D eigenvalue weighted by atomic mass is 32.1. The molecule has 0 saturated carbocycles. The highest BCUT2D eigenvalue weighted by molar-refractivity contribution is 7.12. The number of carbonyl (C=O) groups is 1. The zero-order valence-electron chi connectivity index (χ0n) is 13.9. The number of hydrogen-bond acceptors (Lipinski definition) is 6. The maximum atomic E-state index is 12.5. The van der Waals surface area contributed by atoms with E-state index in [-0.39, 0.29) is 17.3 Å². The fourth-order valence-electron chi connectivity index (χ4n) is 2.95. The van der Waals surface area contributed by atoms with Crippen molar-refractivity contribution in [1.29, 1.82) is 0 Å². The highest BCUT2D eigenvalue weighted by Gasteiger charge is 2.22. The molecule has 0 N–H and O–H groups in total. The van der Waals surface area contributed by atoms with Crippen LogP contribution in [0, 0.1) is 10.1 Å². The molecule has 0 radical (unpaired) electrons. The zero-order chi connectivity index (χ0) is 17.8. The molecule has 0 bridgehead atoms. The summed E-state index contributed by atoms with van der Waals surface area (Å²) in [6.07, 6.45) is 0.844. The maximum Gasteiger partial charge on any atom is 0.311 e. The van der Waals surface area contributed by atoms with Crippen LogP contribution in [-0.4, -0.2) is 49.0 Å². The van der Waals surface area contributed by atoms with Crippen LogP contribution in [0.1, 0.15) is 16.1 Å². The third kappa shape index (κ3) is 3.74. The average Bonchev–Trinajstić information content (AvgIpc) is 3.05. The number of benzene rings is 1. The Labute approximate surface area is 149 Å². The van der Waals surface area contributed by atoms with Crippen LogP contribution < -0.4 is 9.64 Å². The molecule has 0 spiro atoms. The van der Waals surface area contributed by atoms with Gasteiger partial charge in [-0.05, 0) is 23.9 Å². The fraction of sp³-hybridized carbons (Fsp3) is 0.353. The van der Waals surface area contributed by atoms with Gasteiger partial charge in [0.15, 0.2) is 5.75 Å². The van der Waals surface area contributed by atoms with E-state index >= 15 is 0 Å². The molecule has 0 unspecified atom stereocenters. The Morgan fingerprint density at radius 1 is 1.24 bits per heavy atom. The lowest BCUT2D eigenvalue weighted by Crippen LogP contribution is -2.34. The van der Waals surface area contributed by atoms with Crippen molar-refractivity contribution in [3.63, 3.8) is 0 Å². The number of nitro groups is 1. The van der Waals surface area contributed by atoms with Crippen molar-refractivity contribution in [2.45, 2.75) is 6.42 Å². The van der Waals surface area contributed by atoms with Gasteiger partial charge in [0.05, 0.1) is 16.9 Å². The van der Waals surface area contributed by atoms with E-state index in [1.807, 2.05) is 22.4 Å². The van der Waals surface area contributed by atoms with E-state index in [0.29, 0.717) is 19.6 Å². The molecule has 25 heavy (non-hydrogen) atoms. The number of nitro benzene ring substituents is 1. The third-order valence-corrected chi connectivity index (χ3v) is 5.10. The number of carbonyl (C=O) groups excluding carboxylic acids is 1. The molecule has 1 amide bonds. The highest BCUT2D eigenvalue weighted by Crippen LogP contribution is 2.31. The molecule has 1 fully saturated rings. The van der Waals surface area contributed by atoms with E-state index in [2.05, 4.69) is 4.90 Å². The lowest BCUT2D eigenvalue weighted by Gasteiger charge is -2.24. The molecule has 2 aromatic rings. The molecule has 1 aromatic heterocycles. The first kappa shape index (κ1) is 17.2. The number of nitrogens with zero attached hydrogens (tertiary/aromatic N) is 3. The largest absolute Gasteiger partial charge is 0.490 e. The number of hydrogen-bond donors (Lipinski definition) is 0. The second-order valence-electron chi connectivity index (χ2n) is 5.72. The van der Waals surface area contributed by atoms with Gasteiger partial charge in [-0.15, -0.1) is 11.3 Å². The Morgan fingerprint density at radius 2 is 2.08 bits per heavy atom. The van der Waals surface area contributed by atoms with Gasteiger partial charge in [-0.3, -0.25) is 14.9 Å². The quantitative estimate of drug-likeness (QED) is 0.618. The summed E-state index contributed by atoms with van der Waals surface area (Å²) in [6.45, 7) is 2.79. The molecule has 7 nitrogen and oxygen atoms in total. The van der Waals surface area contributed by atoms with Crippen molar-refractivity contribution in [1.82, 2.24) is 4.90 Å². The lowest BCUT2D eigenvalue weighted by molar-refractivity contribution is -0.385. The summed E-state index contributed by atoms with van der Waals surface area (Å²) in [5.41, 5.74) is 0.823. The SMILES string of the molecule is COc1cc(N2CCCN(C(=O)c3cccs3)CC2)ccc1[N+](=O)[O-]. The van der Waals surface area contributed by atoms with Crippen LogP contribution in [0.25, 0.3) is 0 Å². The lowest BCUT2D eigenvalue weighted by atomic mass is 10.2. The van der Waals surface area contributed by atoms with E-state index in [4.69, 9.17) is 4.74 Å². The molecule has 0 atom stereocenters. The van der Waals surface area contributed by atoms with Crippen molar-refractivity contribution in [2.24, 2.45) is 0 Å². The first-order valence-corrected chi connectivity index (χ1v) is 8.88. The smallest absolute Gasteiger partial charge is 0.311 e. The van der Waals surface area contributed by atoms with Gasteiger partial charge in [-0.2, -0.15) is 0 Å². The Balaban J connectivity index is 1.73. The third-order valence-electron chi connectivity index (χ3n) is 4.24. The number of ether oxygens (including phenoxy) is 1. The predicted molar refractivity (Wildman–Crippen MR) is 96.7 cm³/mol. The van der Waals surface area contributed by atoms with Crippen LogP contribution in [0.3, 0.4) is 0 Å². The van der Waals surface area contributed by atoms with E-state index in [1.165, 1.54) is 24.5 Å². The summed E-state index contributed by atoms with van der Waals surface area (Å²) >= 11 is 1.45. The van der Waals surface area contributed by atoms with Crippen LogP contribution in [0.5, 0.6) is 5.75 Å². The van der Waals surface area contributed by atoms with Crippen molar-refractivity contribution >= 4 is 28.6 Å². The number of thiophene rings is 1. The molecule has 0 aliphatic carbocycles.